The second kappa shape index (κ2) is 7.54. The van der Waals surface area contributed by atoms with E-state index in [1.165, 1.54) is 4.31 Å². The Labute approximate surface area is 155 Å². The first-order valence-electron chi connectivity index (χ1n) is 7.28. The zero-order valence-electron chi connectivity index (χ0n) is 12.6. The molecule has 0 aromatic heterocycles. The molecule has 128 valence electrons. The van der Waals surface area contributed by atoms with E-state index < -0.39 is 10.0 Å². The maximum Gasteiger partial charge on any atom is 0.246 e. The minimum Gasteiger partial charge on any atom is -0.454 e. The van der Waals surface area contributed by atoms with Crippen LogP contribution in [-0.2, 0) is 10.0 Å². The van der Waals surface area contributed by atoms with Crippen LogP contribution >= 0.6 is 35.0 Å². The van der Waals surface area contributed by atoms with Crippen LogP contribution in [-0.4, -0.2) is 37.3 Å². The van der Waals surface area contributed by atoms with Gasteiger partial charge in [0.2, 0.25) is 10.0 Å². The van der Waals surface area contributed by atoms with E-state index in [1.807, 2.05) is 0 Å². The fourth-order valence-corrected chi connectivity index (χ4v) is 5.49. The lowest BCUT2D eigenvalue weighted by Crippen LogP contribution is -2.37. The van der Waals surface area contributed by atoms with Crippen molar-refractivity contribution in [2.24, 2.45) is 0 Å². The Morgan fingerprint density at radius 1 is 1.00 bits per heavy atom. The smallest absolute Gasteiger partial charge is 0.246 e. The molecule has 0 spiro atoms. The highest BCUT2D eigenvalue weighted by atomic mass is 35.5. The van der Waals surface area contributed by atoms with Crippen LogP contribution in [0.15, 0.2) is 47.4 Å². The summed E-state index contributed by atoms with van der Waals surface area (Å²) in [4.78, 5) is 0.142. The molecular formula is C16H15Cl2NO3S2. The van der Waals surface area contributed by atoms with Gasteiger partial charge in [0.05, 0.1) is 5.02 Å². The number of rotatable bonds is 4. The van der Waals surface area contributed by atoms with Crippen molar-refractivity contribution in [3.05, 3.63) is 52.5 Å². The summed E-state index contributed by atoms with van der Waals surface area (Å²) in [5.41, 5.74) is 0. The molecule has 1 saturated heterocycles. The summed E-state index contributed by atoms with van der Waals surface area (Å²) >= 11 is 13.8. The number of nitrogens with zero attached hydrogens (tertiary/aromatic N) is 1. The van der Waals surface area contributed by atoms with Crippen LogP contribution in [0.2, 0.25) is 10.0 Å². The highest BCUT2D eigenvalue weighted by Crippen LogP contribution is 2.35. The predicted molar refractivity (Wildman–Crippen MR) is 99.1 cm³/mol. The van der Waals surface area contributed by atoms with Crippen LogP contribution in [0.4, 0.5) is 0 Å². The van der Waals surface area contributed by atoms with Gasteiger partial charge in [0.15, 0.2) is 0 Å². The van der Waals surface area contributed by atoms with E-state index in [4.69, 9.17) is 27.9 Å². The zero-order chi connectivity index (χ0) is 17.2. The second-order valence-electron chi connectivity index (χ2n) is 5.14. The van der Waals surface area contributed by atoms with Crippen molar-refractivity contribution >= 4 is 45.0 Å². The van der Waals surface area contributed by atoms with Gasteiger partial charge in [-0.2, -0.15) is 16.1 Å². The zero-order valence-corrected chi connectivity index (χ0v) is 15.8. The molecule has 2 aromatic carbocycles. The average molecular weight is 404 g/mol. The third-order valence-corrected chi connectivity index (χ3v) is 6.96. The van der Waals surface area contributed by atoms with Gasteiger partial charge in [0, 0.05) is 29.6 Å². The molecule has 0 N–H and O–H groups in total. The van der Waals surface area contributed by atoms with Crippen LogP contribution in [0.25, 0.3) is 0 Å². The molecule has 2 aromatic rings. The van der Waals surface area contributed by atoms with Gasteiger partial charge in [-0.25, -0.2) is 8.42 Å². The van der Waals surface area contributed by atoms with Crippen molar-refractivity contribution in [1.82, 2.24) is 4.31 Å². The van der Waals surface area contributed by atoms with E-state index in [2.05, 4.69) is 0 Å². The Bertz CT molecular complexity index is 837. The van der Waals surface area contributed by atoms with E-state index in [-0.39, 0.29) is 10.6 Å². The summed E-state index contributed by atoms with van der Waals surface area (Å²) in [5.74, 6) is 2.20. The first-order chi connectivity index (χ1) is 11.5. The molecule has 24 heavy (non-hydrogen) atoms. The van der Waals surface area contributed by atoms with Gasteiger partial charge in [0.25, 0.3) is 0 Å². The Morgan fingerprint density at radius 2 is 1.71 bits per heavy atom. The molecule has 0 aliphatic carbocycles. The highest BCUT2D eigenvalue weighted by molar-refractivity contribution is 7.99. The van der Waals surface area contributed by atoms with Crippen LogP contribution in [0, 0.1) is 0 Å². The summed E-state index contributed by atoms with van der Waals surface area (Å²) in [6, 6.07) is 11.4. The van der Waals surface area contributed by atoms with Crippen molar-refractivity contribution in [3.63, 3.8) is 0 Å². The molecule has 0 amide bonds. The van der Waals surface area contributed by atoms with E-state index in [0.29, 0.717) is 28.9 Å². The highest BCUT2D eigenvalue weighted by Gasteiger charge is 2.29. The van der Waals surface area contributed by atoms with Crippen molar-refractivity contribution in [3.8, 4) is 11.5 Å². The minimum atomic E-state index is -3.61. The number of para-hydroxylation sites is 1. The van der Waals surface area contributed by atoms with Crippen molar-refractivity contribution in [1.29, 1.82) is 0 Å². The molecule has 0 atom stereocenters. The molecule has 8 heteroatoms. The van der Waals surface area contributed by atoms with Gasteiger partial charge < -0.3 is 4.74 Å². The quantitative estimate of drug-likeness (QED) is 0.752. The summed E-state index contributed by atoms with van der Waals surface area (Å²) in [7, 11) is -3.61. The molecule has 1 aliphatic rings. The van der Waals surface area contributed by atoms with Crippen molar-refractivity contribution in [2.45, 2.75) is 4.90 Å². The fourth-order valence-electron chi connectivity index (χ4n) is 2.35. The van der Waals surface area contributed by atoms with Crippen molar-refractivity contribution < 1.29 is 13.2 Å². The van der Waals surface area contributed by atoms with Gasteiger partial charge in [-0.05, 0) is 30.3 Å². The van der Waals surface area contributed by atoms with E-state index in [9.17, 15) is 8.42 Å². The third kappa shape index (κ3) is 3.83. The molecular weight excluding hydrogens is 389 g/mol. The van der Waals surface area contributed by atoms with Gasteiger partial charge in [-0.1, -0.05) is 35.3 Å². The SMILES string of the molecule is O=S(=O)(c1ccccc1Oc1ccc(Cl)cc1Cl)N1CCSCC1. The van der Waals surface area contributed by atoms with Gasteiger partial charge in [0.1, 0.15) is 16.4 Å². The van der Waals surface area contributed by atoms with Gasteiger partial charge in [-0.3, -0.25) is 0 Å². The maximum atomic E-state index is 12.9. The number of thioether (sulfide) groups is 1. The number of ether oxygens (including phenoxy) is 1. The van der Waals surface area contributed by atoms with Gasteiger partial charge in [-0.15, -0.1) is 0 Å². The molecule has 0 unspecified atom stereocenters. The van der Waals surface area contributed by atoms with E-state index >= 15 is 0 Å². The summed E-state index contributed by atoms with van der Waals surface area (Å²) in [5, 5.41) is 0.808. The molecule has 0 bridgehead atoms. The molecule has 3 rings (SSSR count). The van der Waals surface area contributed by atoms with Crippen molar-refractivity contribution in [2.75, 3.05) is 24.6 Å². The summed E-state index contributed by atoms with van der Waals surface area (Å²) in [6.07, 6.45) is 0. The Balaban J connectivity index is 1.95. The van der Waals surface area contributed by atoms with E-state index in [0.717, 1.165) is 11.5 Å². The first kappa shape index (κ1) is 17.9. The number of benzene rings is 2. The Hall–Kier alpha value is -0.920. The topological polar surface area (TPSA) is 46.6 Å². The van der Waals surface area contributed by atoms with Crippen LogP contribution in [0.3, 0.4) is 0 Å². The van der Waals surface area contributed by atoms with Crippen LogP contribution in [0.5, 0.6) is 11.5 Å². The fraction of sp³-hybridized carbons (Fsp3) is 0.250. The number of halogens is 2. The Kier molecular flexibility index (Phi) is 5.62. The largest absolute Gasteiger partial charge is 0.454 e. The molecule has 0 saturated carbocycles. The van der Waals surface area contributed by atoms with Crippen LogP contribution in [0.1, 0.15) is 0 Å². The third-order valence-electron chi connectivity index (χ3n) is 3.55. The van der Waals surface area contributed by atoms with Gasteiger partial charge >= 0.3 is 0 Å². The maximum absolute atomic E-state index is 12.9. The Morgan fingerprint density at radius 3 is 2.42 bits per heavy atom. The monoisotopic (exact) mass is 403 g/mol. The normalized spacial score (nSPS) is 16.1. The molecule has 4 nitrogen and oxygen atoms in total. The first-order valence-corrected chi connectivity index (χ1v) is 10.6. The predicted octanol–water partition coefficient (Wildman–Crippen LogP) is 4.52. The standard InChI is InChI=1S/C16H15Cl2NO3S2/c17-12-5-6-14(13(18)11-12)22-15-3-1-2-4-16(15)24(20,21)19-7-9-23-10-8-19/h1-6,11H,7-10H2. The van der Waals surface area contributed by atoms with Crippen LogP contribution < -0.4 is 4.74 Å². The molecule has 0 radical (unpaired) electrons. The lowest BCUT2D eigenvalue weighted by Gasteiger charge is -2.26. The molecule has 1 aliphatic heterocycles. The molecule has 1 heterocycles. The minimum absolute atomic E-state index is 0.142. The summed E-state index contributed by atoms with van der Waals surface area (Å²) in [6.45, 7) is 1.01. The number of hydrogen-bond acceptors (Lipinski definition) is 4. The summed E-state index contributed by atoms with van der Waals surface area (Å²) < 4.78 is 33.1. The molecule has 1 fully saturated rings. The lowest BCUT2D eigenvalue weighted by molar-refractivity contribution is 0.431. The second-order valence-corrected chi connectivity index (χ2v) is 9.11. The average Bonchev–Trinajstić information content (AvgIpc) is 2.58. The van der Waals surface area contributed by atoms with E-state index in [1.54, 1.807) is 54.2 Å². The number of hydrogen-bond donors (Lipinski definition) is 0. The number of sulfonamides is 1. The lowest BCUT2D eigenvalue weighted by atomic mass is 10.3.